The molecule has 3 aromatic rings. The number of nitrogens with zero attached hydrogens (tertiary/aromatic N) is 2. The number of nitrogens with one attached hydrogen (secondary N) is 1. The second kappa shape index (κ2) is 14.1. The van der Waals surface area contributed by atoms with Gasteiger partial charge in [0.05, 0.1) is 17.7 Å². The van der Waals surface area contributed by atoms with Crippen LogP contribution in [0.1, 0.15) is 61.3 Å². The molecular formula is C34H43N3O5S. The molecule has 2 amide bonds. The van der Waals surface area contributed by atoms with E-state index in [-0.39, 0.29) is 23.4 Å². The third-order valence-corrected chi connectivity index (χ3v) is 9.90. The summed E-state index contributed by atoms with van der Waals surface area (Å²) < 4.78 is 34.8. The quantitative estimate of drug-likeness (QED) is 0.303. The van der Waals surface area contributed by atoms with E-state index < -0.39 is 28.5 Å². The van der Waals surface area contributed by atoms with Crippen molar-refractivity contribution in [2.75, 3.05) is 18.0 Å². The van der Waals surface area contributed by atoms with Crippen LogP contribution in [0, 0.1) is 20.8 Å². The molecule has 0 bridgehead atoms. The van der Waals surface area contributed by atoms with E-state index in [2.05, 4.69) is 5.32 Å². The molecule has 0 aromatic heterocycles. The summed E-state index contributed by atoms with van der Waals surface area (Å²) in [5.74, 6) is -0.100. The van der Waals surface area contributed by atoms with Crippen molar-refractivity contribution in [2.45, 2.75) is 83.3 Å². The van der Waals surface area contributed by atoms with Crippen molar-refractivity contribution in [3.05, 3.63) is 89.0 Å². The van der Waals surface area contributed by atoms with Gasteiger partial charge in [-0.2, -0.15) is 0 Å². The number of hydrogen-bond acceptors (Lipinski definition) is 5. The zero-order valence-corrected chi connectivity index (χ0v) is 26.6. The smallest absolute Gasteiger partial charge is 0.264 e. The number of aryl methyl sites for hydroxylation is 3. The van der Waals surface area contributed by atoms with Gasteiger partial charge in [-0.1, -0.05) is 61.2 Å². The van der Waals surface area contributed by atoms with Gasteiger partial charge in [-0.3, -0.25) is 13.9 Å². The second-order valence-electron chi connectivity index (χ2n) is 11.5. The molecular weight excluding hydrogens is 562 g/mol. The molecule has 3 aromatic carbocycles. The van der Waals surface area contributed by atoms with Gasteiger partial charge in [0.2, 0.25) is 11.8 Å². The molecule has 0 saturated heterocycles. The zero-order chi connectivity index (χ0) is 31.1. The number of sulfonamides is 1. The predicted molar refractivity (Wildman–Crippen MR) is 170 cm³/mol. The first-order valence-electron chi connectivity index (χ1n) is 14.9. The number of amides is 2. The first-order chi connectivity index (χ1) is 20.5. The molecule has 0 radical (unpaired) electrons. The zero-order valence-electron chi connectivity index (χ0n) is 25.8. The maximum absolute atomic E-state index is 14.3. The van der Waals surface area contributed by atoms with Gasteiger partial charge < -0.3 is 15.0 Å². The van der Waals surface area contributed by atoms with Gasteiger partial charge in [-0.15, -0.1) is 0 Å². The minimum atomic E-state index is -4.13. The minimum absolute atomic E-state index is 0.0748. The Kier molecular flexibility index (Phi) is 10.5. The molecule has 1 aliphatic carbocycles. The molecule has 1 fully saturated rings. The molecule has 4 rings (SSSR count). The lowest BCUT2D eigenvalue weighted by Crippen LogP contribution is -2.53. The Hall–Kier alpha value is -3.85. The Balaban J connectivity index is 1.71. The lowest BCUT2D eigenvalue weighted by Gasteiger charge is -2.33. The van der Waals surface area contributed by atoms with E-state index in [1.165, 1.54) is 9.21 Å². The van der Waals surface area contributed by atoms with Gasteiger partial charge >= 0.3 is 0 Å². The Morgan fingerprint density at radius 2 is 1.60 bits per heavy atom. The van der Waals surface area contributed by atoms with Gasteiger partial charge in [0, 0.05) is 12.6 Å². The molecule has 43 heavy (non-hydrogen) atoms. The van der Waals surface area contributed by atoms with E-state index in [9.17, 15) is 18.0 Å². The molecule has 9 heteroatoms. The number of ether oxygens (including phenoxy) is 1. The molecule has 230 valence electrons. The highest BCUT2D eigenvalue weighted by molar-refractivity contribution is 7.92. The van der Waals surface area contributed by atoms with E-state index >= 15 is 0 Å². The Morgan fingerprint density at radius 3 is 2.28 bits per heavy atom. The number of hydrogen-bond donors (Lipinski definition) is 1. The second-order valence-corrected chi connectivity index (χ2v) is 13.4. The van der Waals surface area contributed by atoms with Crippen LogP contribution in [0.3, 0.4) is 0 Å². The lowest BCUT2D eigenvalue weighted by molar-refractivity contribution is -0.139. The highest BCUT2D eigenvalue weighted by atomic mass is 32.2. The highest BCUT2D eigenvalue weighted by Gasteiger charge is 2.34. The monoisotopic (exact) mass is 605 g/mol. The fourth-order valence-corrected chi connectivity index (χ4v) is 6.93. The molecule has 0 heterocycles. The van der Waals surface area contributed by atoms with Crippen molar-refractivity contribution >= 4 is 27.5 Å². The van der Waals surface area contributed by atoms with E-state index in [0.717, 1.165) is 54.4 Å². The molecule has 1 atom stereocenters. The van der Waals surface area contributed by atoms with Crippen molar-refractivity contribution in [3.63, 3.8) is 0 Å². The first kappa shape index (κ1) is 32.1. The maximum Gasteiger partial charge on any atom is 0.264 e. The van der Waals surface area contributed by atoms with Gasteiger partial charge in [-0.05, 0) is 87.6 Å². The Bertz CT molecular complexity index is 1530. The predicted octanol–water partition coefficient (Wildman–Crippen LogP) is 5.68. The van der Waals surface area contributed by atoms with E-state index in [0.29, 0.717) is 11.4 Å². The van der Waals surface area contributed by atoms with Crippen LogP contribution < -0.4 is 14.4 Å². The topological polar surface area (TPSA) is 96.0 Å². The molecule has 8 nitrogen and oxygen atoms in total. The highest BCUT2D eigenvalue weighted by Crippen LogP contribution is 2.29. The van der Waals surface area contributed by atoms with Crippen LogP contribution in [-0.4, -0.2) is 50.9 Å². The van der Waals surface area contributed by atoms with Crippen LogP contribution in [0.2, 0.25) is 0 Å². The van der Waals surface area contributed by atoms with Crippen molar-refractivity contribution in [3.8, 4) is 5.75 Å². The third kappa shape index (κ3) is 7.96. The fraction of sp³-hybridized carbons (Fsp3) is 0.412. The van der Waals surface area contributed by atoms with Crippen LogP contribution in [-0.2, 0) is 26.2 Å². The van der Waals surface area contributed by atoms with Gasteiger partial charge in [0.25, 0.3) is 10.0 Å². The third-order valence-electron chi connectivity index (χ3n) is 8.13. The summed E-state index contributed by atoms with van der Waals surface area (Å²) >= 11 is 0. The Labute approximate surface area is 256 Å². The SMILES string of the molecule is COc1cccc(CN(C(=O)CN(c2cc(C)ccc2C)S(=O)(=O)c2ccc(C)cc2)C(C)C(=O)NC2CCCCC2)c1. The average Bonchev–Trinajstić information content (AvgIpc) is 3.00. The average molecular weight is 606 g/mol. The number of anilines is 1. The van der Waals surface area contributed by atoms with Crippen molar-refractivity contribution < 1.29 is 22.7 Å². The summed E-state index contributed by atoms with van der Waals surface area (Å²) in [6, 6.07) is 18.7. The molecule has 1 aliphatic rings. The standard InChI is InChI=1S/C34H43N3O5S/c1-24-15-18-31(19-16-24)43(40,41)37(32-20-25(2)14-17-26(32)3)23-33(38)36(22-28-10-9-13-30(21-28)42-5)27(4)34(39)35-29-11-7-6-8-12-29/h9-10,13-21,27,29H,6-8,11-12,22-23H2,1-5H3,(H,35,39). The van der Waals surface area contributed by atoms with E-state index in [1.807, 2.05) is 57.2 Å². The van der Waals surface area contributed by atoms with Crippen molar-refractivity contribution in [2.24, 2.45) is 0 Å². The van der Waals surface area contributed by atoms with Crippen LogP contribution in [0.25, 0.3) is 0 Å². The minimum Gasteiger partial charge on any atom is -0.497 e. The van der Waals surface area contributed by atoms with Crippen molar-refractivity contribution in [1.82, 2.24) is 10.2 Å². The van der Waals surface area contributed by atoms with Gasteiger partial charge in [-0.25, -0.2) is 8.42 Å². The molecule has 1 unspecified atom stereocenters. The number of carbonyl (C=O) groups excluding carboxylic acids is 2. The number of carbonyl (C=O) groups is 2. The van der Waals surface area contributed by atoms with Crippen LogP contribution in [0.4, 0.5) is 5.69 Å². The molecule has 1 saturated carbocycles. The summed E-state index contributed by atoms with van der Waals surface area (Å²) in [6.45, 7) is 6.94. The summed E-state index contributed by atoms with van der Waals surface area (Å²) in [6.07, 6.45) is 5.11. The van der Waals surface area contributed by atoms with Gasteiger partial charge in [0.15, 0.2) is 0 Å². The normalized spacial score (nSPS) is 14.5. The lowest BCUT2D eigenvalue weighted by atomic mass is 9.95. The summed E-state index contributed by atoms with van der Waals surface area (Å²) in [5.41, 5.74) is 3.71. The number of rotatable bonds is 11. The summed E-state index contributed by atoms with van der Waals surface area (Å²) in [7, 11) is -2.56. The van der Waals surface area contributed by atoms with E-state index in [1.54, 1.807) is 44.4 Å². The van der Waals surface area contributed by atoms with Crippen LogP contribution in [0.5, 0.6) is 5.75 Å². The van der Waals surface area contributed by atoms with Gasteiger partial charge in [0.1, 0.15) is 18.3 Å². The molecule has 0 aliphatic heterocycles. The number of methoxy groups -OCH3 is 1. The van der Waals surface area contributed by atoms with E-state index in [4.69, 9.17) is 4.74 Å². The van der Waals surface area contributed by atoms with Crippen LogP contribution >= 0.6 is 0 Å². The fourth-order valence-electron chi connectivity index (χ4n) is 5.46. The largest absolute Gasteiger partial charge is 0.497 e. The summed E-state index contributed by atoms with van der Waals surface area (Å²) in [5, 5.41) is 3.14. The molecule has 0 spiro atoms. The summed E-state index contributed by atoms with van der Waals surface area (Å²) in [4.78, 5) is 29.3. The van der Waals surface area contributed by atoms with Crippen LogP contribution in [0.15, 0.2) is 71.6 Å². The first-order valence-corrected chi connectivity index (χ1v) is 16.3. The number of benzene rings is 3. The van der Waals surface area contributed by atoms with Crippen molar-refractivity contribution in [1.29, 1.82) is 0 Å². The maximum atomic E-state index is 14.3. The molecule has 1 N–H and O–H groups in total. The Morgan fingerprint density at radius 1 is 0.930 bits per heavy atom.